The quantitative estimate of drug-likeness (QED) is 0.905. The smallest absolute Gasteiger partial charge is 0.276 e. The normalized spacial score (nSPS) is 14.4. The molecule has 23 heavy (non-hydrogen) atoms. The largest absolute Gasteiger partial charge is 0.361 e. The van der Waals surface area contributed by atoms with Crippen LogP contribution in [0.2, 0.25) is 0 Å². The Hall–Kier alpha value is -2.63. The van der Waals surface area contributed by atoms with E-state index in [9.17, 15) is 9.59 Å². The van der Waals surface area contributed by atoms with Gasteiger partial charge in [-0.15, -0.1) is 0 Å². The number of aromatic nitrogens is 1. The van der Waals surface area contributed by atoms with Gasteiger partial charge in [-0.3, -0.25) is 9.59 Å². The average Bonchev–Trinajstić information content (AvgIpc) is 2.93. The molecule has 2 amide bonds. The second-order valence-corrected chi connectivity index (χ2v) is 5.76. The van der Waals surface area contributed by atoms with Crippen LogP contribution in [0.25, 0.3) is 0 Å². The van der Waals surface area contributed by atoms with E-state index in [1.807, 2.05) is 30.3 Å². The van der Waals surface area contributed by atoms with Crippen LogP contribution in [0.5, 0.6) is 0 Å². The number of benzene rings is 1. The maximum absolute atomic E-state index is 12.1. The number of nitrogens with one attached hydrogen (secondary N) is 1. The molecular weight excluding hydrogens is 294 g/mol. The molecule has 6 heteroatoms. The summed E-state index contributed by atoms with van der Waals surface area (Å²) in [4.78, 5) is 25.7. The van der Waals surface area contributed by atoms with Gasteiger partial charge in [-0.1, -0.05) is 35.5 Å². The van der Waals surface area contributed by atoms with Crippen LogP contribution in [0, 0.1) is 12.8 Å². The summed E-state index contributed by atoms with van der Waals surface area (Å²) < 4.78 is 4.90. The molecular formula is C17H19N3O3. The van der Waals surface area contributed by atoms with Gasteiger partial charge in [0.1, 0.15) is 5.76 Å². The first-order valence-corrected chi connectivity index (χ1v) is 7.67. The third-order valence-corrected chi connectivity index (χ3v) is 3.94. The van der Waals surface area contributed by atoms with Gasteiger partial charge in [0.15, 0.2) is 5.69 Å². The minimum atomic E-state index is -0.185. The highest BCUT2D eigenvalue weighted by molar-refractivity contribution is 5.94. The lowest BCUT2D eigenvalue weighted by Gasteiger charge is -2.37. The van der Waals surface area contributed by atoms with Crippen molar-refractivity contribution in [2.75, 3.05) is 19.6 Å². The van der Waals surface area contributed by atoms with Crippen molar-refractivity contribution in [3.63, 3.8) is 0 Å². The molecule has 6 nitrogen and oxygen atoms in total. The number of amides is 2. The number of rotatable bonds is 5. The molecule has 2 aromatic rings. The van der Waals surface area contributed by atoms with Gasteiger partial charge in [-0.05, 0) is 18.9 Å². The minimum absolute atomic E-state index is 0.00122. The number of hydrogen-bond acceptors (Lipinski definition) is 4. The van der Waals surface area contributed by atoms with E-state index in [1.165, 1.54) is 5.56 Å². The van der Waals surface area contributed by atoms with Crippen LogP contribution in [0.4, 0.5) is 0 Å². The monoisotopic (exact) mass is 313 g/mol. The Morgan fingerprint density at radius 1 is 1.30 bits per heavy atom. The van der Waals surface area contributed by atoms with Gasteiger partial charge in [-0.2, -0.15) is 0 Å². The van der Waals surface area contributed by atoms with Crippen LogP contribution < -0.4 is 5.32 Å². The summed E-state index contributed by atoms with van der Waals surface area (Å²) >= 11 is 0. The summed E-state index contributed by atoms with van der Waals surface area (Å²) in [6, 6.07) is 11.6. The molecule has 0 atom stereocenters. The van der Waals surface area contributed by atoms with E-state index < -0.39 is 0 Å². The van der Waals surface area contributed by atoms with Crippen LogP contribution in [-0.2, 0) is 11.2 Å². The van der Waals surface area contributed by atoms with Crippen molar-refractivity contribution in [1.82, 2.24) is 15.4 Å². The lowest BCUT2D eigenvalue weighted by atomic mass is 9.98. The zero-order chi connectivity index (χ0) is 16.2. The van der Waals surface area contributed by atoms with E-state index in [2.05, 4.69) is 10.5 Å². The van der Waals surface area contributed by atoms with Gasteiger partial charge in [0, 0.05) is 25.7 Å². The summed E-state index contributed by atoms with van der Waals surface area (Å²) in [7, 11) is 0. The third kappa shape index (κ3) is 3.59. The maximum atomic E-state index is 12.1. The predicted molar refractivity (Wildman–Crippen MR) is 83.8 cm³/mol. The predicted octanol–water partition coefficient (Wildman–Crippen LogP) is 1.41. The Morgan fingerprint density at radius 3 is 2.70 bits per heavy atom. The Kier molecular flexibility index (Phi) is 4.41. The van der Waals surface area contributed by atoms with Gasteiger partial charge < -0.3 is 14.7 Å². The zero-order valence-electron chi connectivity index (χ0n) is 13.0. The number of carbonyl (C=O) groups is 2. The fourth-order valence-corrected chi connectivity index (χ4v) is 2.56. The van der Waals surface area contributed by atoms with E-state index >= 15 is 0 Å². The molecule has 0 spiro atoms. The first kappa shape index (κ1) is 15.3. The molecule has 120 valence electrons. The van der Waals surface area contributed by atoms with Crippen molar-refractivity contribution in [2.24, 2.45) is 5.92 Å². The zero-order valence-corrected chi connectivity index (χ0v) is 13.0. The number of carbonyl (C=O) groups excluding carboxylic acids is 2. The van der Waals surface area contributed by atoms with E-state index in [0.29, 0.717) is 31.1 Å². The van der Waals surface area contributed by atoms with Crippen molar-refractivity contribution in [1.29, 1.82) is 0 Å². The Bertz CT molecular complexity index is 690. The molecule has 1 saturated heterocycles. The van der Waals surface area contributed by atoms with E-state index in [0.717, 1.165) is 6.42 Å². The number of aryl methyl sites for hydroxylation is 1. The van der Waals surface area contributed by atoms with Crippen molar-refractivity contribution < 1.29 is 14.1 Å². The van der Waals surface area contributed by atoms with Gasteiger partial charge in [-0.25, -0.2) is 0 Å². The molecule has 1 aliphatic heterocycles. The highest BCUT2D eigenvalue weighted by Gasteiger charge is 2.36. The van der Waals surface area contributed by atoms with Gasteiger partial charge >= 0.3 is 0 Å². The lowest BCUT2D eigenvalue weighted by molar-refractivity contribution is -0.128. The summed E-state index contributed by atoms with van der Waals surface area (Å²) in [6.07, 6.45) is 0.806. The Labute approximate surface area is 134 Å². The molecule has 2 heterocycles. The summed E-state index contributed by atoms with van der Waals surface area (Å²) in [5, 5.41) is 6.63. The average molecular weight is 313 g/mol. The first-order valence-electron chi connectivity index (χ1n) is 7.67. The molecule has 0 bridgehead atoms. The van der Waals surface area contributed by atoms with Crippen molar-refractivity contribution in [2.45, 2.75) is 13.3 Å². The fourth-order valence-electron chi connectivity index (χ4n) is 2.56. The van der Waals surface area contributed by atoms with E-state index in [-0.39, 0.29) is 17.7 Å². The van der Waals surface area contributed by atoms with Gasteiger partial charge in [0.2, 0.25) is 5.91 Å². The van der Waals surface area contributed by atoms with Crippen LogP contribution in [-0.4, -0.2) is 41.5 Å². The third-order valence-electron chi connectivity index (χ3n) is 3.94. The number of hydrogen-bond donors (Lipinski definition) is 1. The van der Waals surface area contributed by atoms with Crippen molar-refractivity contribution >= 4 is 11.8 Å². The summed E-state index contributed by atoms with van der Waals surface area (Å²) in [6.45, 7) is 3.21. The van der Waals surface area contributed by atoms with Crippen molar-refractivity contribution in [3.05, 3.63) is 53.4 Å². The number of nitrogens with zero attached hydrogens (tertiary/aromatic N) is 2. The van der Waals surface area contributed by atoms with E-state index in [1.54, 1.807) is 17.9 Å². The maximum Gasteiger partial charge on any atom is 0.276 e. The SMILES string of the molecule is Cc1cc(C(=O)N2CC(C(=O)NCCc3ccccc3)C2)no1. The van der Waals surface area contributed by atoms with Crippen LogP contribution in [0.3, 0.4) is 0 Å². The minimum Gasteiger partial charge on any atom is -0.361 e. The molecule has 0 unspecified atom stereocenters. The molecule has 1 N–H and O–H groups in total. The van der Waals surface area contributed by atoms with E-state index in [4.69, 9.17) is 4.52 Å². The van der Waals surface area contributed by atoms with Crippen LogP contribution in [0.1, 0.15) is 21.8 Å². The second-order valence-electron chi connectivity index (χ2n) is 5.76. The standard InChI is InChI=1S/C17H19N3O3/c1-12-9-15(19-23-12)17(22)20-10-14(11-20)16(21)18-8-7-13-5-3-2-4-6-13/h2-6,9,14H,7-8,10-11H2,1H3,(H,18,21). The summed E-state index contributed by atoms with van der Waals surface area (Å²) in [5.41, 5.74) is 1.49. The van der Waals surface area contributed by atoms with Crippen LogP contribution in [0.15, 0.2) is 40.9 Å². The van der Waals surface area contributed by atoms with Gasteiger partial charge in [0.25, 0.3) is 5.91 Å². The summed E-state index contributed by atoms with van der Waals surface area (Å²) in [5.74, 6) is 0.281. The van der Waals surface area contributed by atoms with Gasteiger partial charge in [0.05, 0.1) is 5.92 Å². The molecule has 1 aromatic carbocycles. The Balaban J connectivity index is 1.40. The highest BCUT2D eigenvalue weighted by atomic mass is 16.5. The fraction of sp³-hybridized carbons (Fsp3) is 0.353. The molecule has 0 radical (unpaired) electrons. The second kappa shape index (κ2) is 6.64. The molecule has 0 saturated carbocycles. The molecule has 1 fully saturated rings. The molecule has 1 aliphatic rings. The van der Waals surface area contributed by atoms with Crippen LogP contribution >= 0.6 is 0 Å². The topological polar surface area (TPSA) is 75.4 Å². The Morgan fingerprint density at radius 2 is 2.04 bits per heavy atom. The number of likely N-dealkylation sites (tertiary alicyclic amines) is 1. The van der Waals surface area contributed by atoms with Crippen molar-refractivity contribution in [3.8, 4) is 0 Å². The lowest BCUT2D eigenvalue weighted by Crippen LogP contribution is -2.55. The molecule has 1 aromatic heterocycles. The first-order chi connectivity index (χ1) is 11.1. The highest BCUT2D eigenvalue weighted by Crippen LogP contribution is 2.18. The molecule has 3 rings (SSSR count). The molecule has 0 aliphatic carbocycles.